The van der Waals surface area contributed by atoms with Crippen LogP contribution in [0.5, 0.6) is 5.75 Å². The van der Waals surface area contributed by atoms with Gasteiger partial charge in [-0.05, 0) is 12.1 Å². The Balaban J connectivity index is 2.50. The minimum absolute atomic E-state index is 0.0132. The van der Waals surface area contributed by atoms with Crippen LogP contribution in [0.4, 0.5) is 19.1 Å². The van der Waals surface area contributed by atoms with Crippen LogP contribution >= 0.6 is 0 Å². The molecule has 0 spiro atoms. The highest BCUT2D eigenvalue weighted by Crippen LogP contribution is 2.36. The average Bonchev–Trinajstić information content (AvgIpc) is 2.69. The lowest BCUT2D eigenvalue weighted by Crippen LogP contribution is -2.17. The lowest BCUT2D eigenvalue weighted by Gasteiger charge is -2.12. The van der Waals surface area contributed by atoms with E-state index in [0.29, 0.717) is 0 Å². The van der Waals surface area contributed by atoms with Crippen molar-refractivity contribution in [3.63, 3.8) is 0 Å². The first-order valence-electron chi connectivity index (χ1n) is 5.59. The van der Waals surface area contributed by atoms with Crippen LogP contribution in [0.2, 0.25) is 0 Å². The fourth-order valence-corrected chi connectivity index (χ4v) is 1.73. The van der Waals surface area contributed by atoms with E-state index < -0.39 is 24.5 Å². The molecular formula is C12H9F3N2O4. The van der Waals surface area contributed by atoms with E-state index in [-0.39, 0.29) is 22.7 Å². The summed E-state index contributed by atoms with van der Waals surface area (Å²) in [6, 6.07) is 5.17. The van der Waals surface area contributed by atoms with Gasteiger partial charge in [0.25, 0.3) is 0 Å². The molecule has 0 fully saturated rings. The Bertz CT molecular complexity index is 667. The third-order valence-electron chi connectivity index (χ3n) is 2.51. The first-order chi connectivity index (χ1) is 9.78. The fourth-order valence-electron chi connectivity index (χ4n) is 1.73. The summed E-state index contributed by atoms with van der Waals surface area (Å²) < 4.78 is 45.7. The number of hydrogen-bond donors (Lipinski definition) is 2. The number of carbonyl (C=O) groups is 1. The largest absolute Gasteiger partial charge is 0.573 e. The van der Waals surface area contributed by atoms with Crippen molar-refractivity contribution in [3.05, 3.63) is 29.8 Å². The Morgan fingerprint density at radius 1 is 1.38 bits per heavy atom. The second-order valence-electron chi connectivity index (χ2n) is 3.99. The van der Waals surface area contributed by atoms with E-state index >= 15 is 0 Å². The van der Waals surface area contributed by atoms with E-state index in [4.69, 9.17) is 10.8 Å². The van der Waals surface area contributed by atoms with Crippen LogP contribution < -0.4 is 10.5 Å². The maximum atomic E-state index is 12.4. The highest BCUT2D eigenvalue weighted by atomic mass is 19.4. The molecule has 112 valence electrons. The molecule has 0 radical (unpaired) electrons. The smallest absolute Gasteiger partial charge is 0.481 e. The summed E-state index contributed by atoms with van der Waals surface area (Å²) in [4.78, 5) is 10.8. The highest BCUT2D eigenvalue weighted by Gasteiger charge is 2.33. The molecule has 1 aromatic heterocycles. The topological polar surface area (TPSA) is 98.6 Å². The number of aliphatic carboxylic acids is 1. The quantitative estimate of drug-likeness (QED) is 0.900. The number of anilines is 1. The van der Waals surface area contributed by atoms with Crippen LogP contribution in [0.25, 0.3) is 11.3 Å². The Morgan fingerprint density at radius 2 is 2.05 bits per heavy atom. The summed E-state index contributed by atoms with van der Waals surface area (Å²) >= 11 is 0. The van der Waals surface area contributed by atoms with E-state index in [1.165, 1.54) is 18.2 Å². The molecule has 21 heavy (non-hydrogen) atoms. The number of benzene rings is 1. The van der Waals surface area contributed by atoms with Gasteiger partial charge in [-0.2, -0.15) is 0 Å². The zero-order valence-corrected chi connectivity index (χ0v) is 10.3. The molecule has 1 heterocycles. The molecular weight excluding hydrogens is 293 g/mol. The Morgan fingerprint density at radius 3 is 2.67 bits per heavy atom. The van der Waals surface area contributed by atoms with Crippen molar-refractivity contribution in [1.82, 2.24) is 5.16 Å². The maximum Gasteiger partial charge on any atom is 0.573 e. The normalized spacial score (nSPS) is 11.4. The molecule has 0 atom stereocenters. The molecule has 0 amide bonds. The first kappa shape index (κ1) is 14.7. The van der Waals surface area contributed by atoms with Crippen LogP contribution in [0, 0.1) is 0 Å². The van der Waals surface area contributed by atoms with Crippen LogP contribution in [-0.4, -0.2) is 22.6 Å². The van der Waals surface area contributed by atoms with Gasteiger partial charge in [0.2, 0.25) is 5.88 Å². The fraction of sp³-hybridized carbons (Fsp3) is 0.167. The van der Waals surface area contributed by atoms with Gasteiger partial charge in [-0.15, -0.1) is 13.2 Å². The van der Waals surface area contributed by atoms with Gasteiger partial charge in [-0.3, -0.25) is 4.79 Å². The van der Waals surface area contributed by atoms with Crippen LogP contribution in [0.3, 0.4) is 0 Å². The van der Waals surface area contributed by atoms with Gasteiger partial charge in [0, 0.05) is 5.56 Å². The number of nitrogens with zero attached hydrogens (tertiary/aromatic N) is 1. The second-order valence-corrected chi connectivity index (χ2v) is 3.99. The number of hydrogen-bond acceptors (Lipinski definition) is 5. The van der Waals surface area contributed by atoms with Crippen molar-refractivity contribution >= 4 is 11.9 Å². The van der Waals surface area contributed by atoms with Crippen molar-refractivity contribution in [2.45, 2.75) is 12.8 Å². The lowest BCUT2D eigenvalue weighted by atomic mass is 10.0. The van der Waals surface area contributed by atoms with Crippen LogP contribution in [-0.2, 0) is 11.2 Å². The van der Waals surface area contributed by atoms with Crippen molar-refractivity contribution in [2.75, 3.05) is 5.73 Å². The number of nitrogens with two attached hydrogens (primary N) is 1. The standard InChI is InChI=1S/C12H9F3N2O4/c13-12(14,15)20-8-4-2-1-3-6(8)10-7(5-9(18)19)11(16)21-17-10/h1-4H,5,16H2,(H,18,19). The number of alkyl halides is 3. The van der Waals surface area contributed by atoms with E-state index in [9.17, 15) is 18.0 Å². The molecule has 9 heteroatoms. The van der Waals surface area contributed by atoms with E-state index in [2.05, 4.69) is 14.4 Å². The molecule has 0 saturated heterocycles. The molecule has 6 nitrogen and oxygen atoms in total. The number of para-hydroxylation sites is 1. The summed E-state index contributed by atoms with van der Waals surface area (Å²) in [5, 5.41) is 12.3. The molecule has 3 N–H and O–H groups in total. The van der Waals surface area contributed by atoms with Crippen molar-refractivity contribution in [1.29, 1.82) is 0 Å². The number of rotatable bonds is 4. The number of carboxylic acid groups (broad SMARTS) is 1. The third-order valence-corrected chi connectivity index (χ3v) is 2.51. The van der Waals surface area contributed by atoms with Gasteiger partial charge in [0.1, 0.15) is 11.4 Å². The molecule has 0 saturated carbocycles. The van der Waals surface area contributed by atoms with E-state index in [1.807, 2.05) is 0 Å². The minimum atomic E-state index is -4.89. The van der Waals surface area contributed by atoms with Crippen molar-refractivity contribution in [2.24, 2.45) is 0 Å². The summed E-state index contributed by atoms with van der Waals surface area (Å²) in [5.41, 5.74) is 5.27. The number of aromatic nitrogens is 1. The lowest BCUT2D eigenvalue weighted by molar-refractivity contribution is -0.274. The molecule has 0 aliphatic heterocycles. The molecule has 0 aliphatic carbocycles. The molecule has 0 aliphatic rings. The van der Waals surface area contributed by atoms with Gasteiger partial charge >= 0.3 is 12.3 Å². The summed E-state index contributed by atoms with van der Waals surface area (Å²) in [6.07, 6.45) is -5.43. The molecule has 1 aromatic carbocycles. The summed E-state index contributed by atoms with van der Waals surface area (Å²) in [7, 11) is 0. The van der Waals surface area contributed by atoms with Crippen molar-refractivity contribution in [3.8, 4) is 17.0 Å². The van der Waals surface area contributed by atoms with Gasteiger partial charge in [0.05, 0.1) is 12.0 Å². The van der Waals surface area contributed by atoms with Gasteiger partial charge in [0.15, 0.2) is 0 Å². The van der Waals surface area contributed by atoms with Gasteiger partial charge in [-0.25, -0.2) is 0 Å². The number of halogens is 3. The SMILES string of the molecule is Nc1onc(-c2ccccc2OC(F)(F)F)c1CC(=O)O. The first-order valence-corrected chi connectivity index (χ1v) is 5.59. The Labute approximate surface area is 115 Å². The van der Waals surface area contributed by atoms with E-state index in [0.717, 1.165) is 6.07 Å². The predicted molar refractivity (Wildman–Crippen MR) is 64.4 cm³/mol. The van der Waals surface area contributed by atoms with E-state index in [1.54, 1.807) is 0 Å². The van der Waals surface area contributed by atoms with Crippen molar-refractivity contribution < 1.29 is 32.3 Å². The zero-order chi connectivity index (χ0) is 15.6. The number of carboxylic acids is 1. The highest BCUT2D eigenvalue weighted by molar-refractivity contribution is 5.79. The molecule has 2 aromatic rings. The molecule has 0 unspecified atom stereocenters. The minimum Gasteiger partial charge on any atom is -0.481 e. The number of nitrogen functional groups attached to an aromatic ring is 1. The van der Waals surface area contributed by atoms with Gasteiger partial charge in [-0.1, -0.05) is 17.3 Å². The number of ether oxygens (including phenoxy) is 1. The Hall–Kier alpha value is -2.71. The summed E-state index contributed by atoms with van der Waals surface area (Å²) in [6.45, 7) is 0. The van der Waals surface area contributed by atoms with Crippen LogP contribution in [0.1, 0.15) is 5.56 Å². The average molecular weight is 302 g/mol. The third kappa shape index (κ3) is 3.44. The zero-order valence-electron chi connectivity index (χ0n) is 10.3. The van der Waals surface area contributed by atoms with Gasteiger partial charge < -0.3 is 20.1 Å². The maximum absolute atomic E-state index is 12.4. The molecule has 2 rings (SSSR count). The molecule has 0 bridgehead atoms. The second kappa shape index (κ2) is 5.35. The predicted octanol–water partition coefficient (Wildman–Crippen LogP) is 2.45. The van der Waals surface area contributed by atoms with Crippen LogP contribution in [0.15, 0.2) is 28.8 Å². The summed E-state index contributed by atoms with van der Waals surface area (Å²) in [5.74, 6) is -2.01. The monoisotopic (exact) mass is 302 g/mol. The Kier molecular flexibility index (Phi) is 3.74.